The van der Waals surface area contributed by atoms with Crippen LogP contribution < -0.4 is 0 Å². The molecule has 3 nitrogen and oxygen atoms in total. The molecular weight excluding hydrogens is 248 g/mol. The van der Waals surface area contributed by atoms with Crippen LogP contribution in [0.3, 0.4) is 0 Å². The summed E-state index contributed by atoms with van der Waals surface area (Å²) < 4.78 is 0. The van der Waals surface area contributed by atoms with Crippen molar-refractivity contribution >= 4 is 17.5 Å². The van der Waals surface area contributed by atoms with Crippen LogP contribution >= 0.6 is 11.6 Å². The average Bonchev–Trinajstić information content (AvgIpc) is 3.00. The first kappa shape index (κ1) is 12.0. The van der Waals surface area contributed by atoms with E-state index in [1.54, 1.807) is 12.3 Å². The van der Waals surface area contributed by atoms with Crippen molar-refractivity contribution in [2.75, 3.05) is 13.1 Å². The second-order valence-corrected chi connectivity index (χ2v) is 5.95. The van der Waals surface area contributed by atoms with E-state index in [2.05, 4.69) is 4.98 Å². The third kappa shape index (κ3) is 2.01. The molecule has 0 N–H and O–H groups in total. The second kappa shape index (κ2) is 4.54. The first-order chi connectivity index (χ1) is 8.70. The van der Waals surface area contributed by atoms with Crippen molar-refractivity contribution in [3.8, 4) is 0 Å². The van der Waals surface area contributed by atoms with Crippen molar-refractivity contribution < 1.29 is 4.79 Å². The summed E-state index contributed by atoms with van der Waals surface area (Å²) in [7, 11) is 0. The molecule has 2 aliphatic rings. The van der Waals surface area contributed by atoms with Crippen LogP contribution in [0.5, 0.6) is 0 Å². The number of pyridine rings is 1. The molecule has 1 aliphatic heterocycles. The highest BCUT2D eigenvalue weighted by atomic mass is 35.5. The number of carbonyl (C=O) groups excluding carboxylic acids is 1. The zero-order valence-electron chi connectivity index (χ0n) is 10.4. The Hall–Kier alpha value is -1.09. The monoisotopic (exact) mass is 264 g/mol. The Labute approximate surface area is 112 Å². The third-order valence-corrected chi connectivity index (χ3v) is 4.69. The highest BCUT2D eigenvalue weighted by molar-refractivity contribution is 6.33. The summed E-state index contributed by atoms with van der Waals surface area (Å²) in [5.41, 5.74) is 0.997. The molecule has 1 aromatic rings. The first-order valence-electron chi connectivity index (χ1n) is 6.59. The van der Waals surface area contributed by atoms with Crippen molar-refractivity contribution in [3.05, 3.63) is 29.0 Å². The van der Waals surface area contributed by atoms with Gasteiger partial charge < -0.3 is 4.90 Å². The Balaban J connectivity index is 1.77. The zero-order chi connectivity index (χ0) is 12.6. The van der Waals surface area contributed by atoms with Crippen LogP contribution in [-0.4, -0.2) is 28.9 Å². The standard InChI is InChI=1S/C14H17ClN2O/c15-12-9-16-7-3-11(12)13(18)17-8-6-14(10-17)4-1-2-5-14/h3,7,9H,1-2,4-6,8,10H2. The number of likely N-dealkylation sites (tertiary alicyclic amines) is 1. The van der Waals surface area contributed by atoms with Gasteiger partial charge in [0.1, 0.15) is 0 Å². The first-order valence-corrected chi connectivity index (χ1v) is 6.97. The molecule has 4 heteroatoms. The van der Waals surface area contributed by atoms with E-state index < -0.39 is 0 Å². The summed E-state index contributed by atoms with van der Waals surface area (Å²) in [5, 5.41) is 0.454. The molecule has 1 saturated carbocycles. The van der Waals surface area contributed by atoms with Gasteiger partial charge in [-0.1, -0.05) is 24.4 Å². The van der Waals surface area contributed by atoms with Crippen molar-refractivity contribution in [2.45, 2.75) is 32.1 Å². The van der Waals surface area contributed by atoms with Crippen molar-refractivity contribution in [1.29, 1.82) is 0 Å². The Kier molecular flexibility index (Phi) is 3.02. The molecule has 1 amide bonds. The molecule has 18 heavy (non-hydrogen) atoms. The molecule has 0 unspecified atom stereocenters. The number of nitrogens with zero attached hydrogens (tertiary/aromatic N) is 2. The predicted molar refractivity (Wildman–Crippen MR) is 70.7 cm³/mol. The van der Waals surface area contributed by atoms with Crippen LogP contribution in [0.1, 0.15) is 42.5 Å². The number of rotatable bonds is 1. The maximum Gasteiger partial charge on any atom is 0.255 e. The number of halogens is 1. The molecule has 0 bridgehead atoms. The highest BCUT2D eigenvalue weighted by Crippen LogP contribution is 2.45. The van der Waals surface area contributed by atoms with Gasteiger partial charge in [0.2, 0.25) is 0 Å². The molecular formula is C14H17ClN2O. The Morgan fingerprint density at radius 1 is 1.33 bits per heavy atom. The Morgan fingerprint density at radius 2 is 2.11 bits per heavy atom. The van der Waals surface area contributed by atoms with E-state index in [1.807, 2.05) is 4.90 Å². The van der Waals surface area contributed by atoms with E-state index in [9.17, 15) is 4.79 Å². The van der Waals surface area contributed by atoms with Gasteiger partial charge in [-0.15, -0.1) is 0 Å². The zero-order valence-corrected chi connectivity index (χ0v) is 11.1. The number of hydrogen-bond acceptors (Lipinski definition) is 2. The maximum atomic E-state index is 12.4. The number of carbonyl (C=O) groups is 1. The minimum atomic E-state index is 0.0613. The fourth-order valence-corrected chi connectivity index (χ4v) is 3.56. The molecule has 0 atom stereocenters. The normalized spacial score (nSPS) is 21.7. The van der Waals surface area contributed by atoms with Gasteiger partial charge in [0.15, 0.2) is 0 Å². The molecule has 1 saturated heterocycles. The molecule has 1 spiro atoms. The smallest absolute Gasteiger partial charge is 0.255 e. The summed E-state index contributed by atoms with van der Waals surface area (Å²) in [6.07, 6.45) is 9.51. The van der Waals surface area contributed by atoms with Crippen molar-refractivity contribution in [2.24, 2.45) is 5.41 Å². The lowest BCUT2D eigenvalue weighted by atomic mass is 9.86. The van der Waals surface area contributed by atoms with Gasteiger partial charge >= 0.3 is 0 Å². The quantitative estimate of drug-likeness (QED) is 0.781. The maximum absolute atomic E-state index is 12.4. The van der Waals surface area contributed by atoms with Gasteiger partial charge in [-0.05, 0) is 30.7 Å². The summed E-state index contributed by atoms with van der Waals surface area (Å²) in [5.74, 6) is 0.0613. The average molecular weight is 265 g/mol. The SMILES string of the molecule is O=C(c1ccncc1Cl)N1CCC2(CCCC2)C1. The lowest BCUT2D eigenvalue weighted by Crippen LogP contribution is -2.31. The van der Waals surface area contributed by atoms with E-state index in [4.69, 9.17) is 11.6 Å². The van der Waals surface area contributed by atoms with E-state index in [0.29, 0.717) is 16.0 Å². The van der Waals surface area contributed by atoms with Gasteiger partial charge in [-0.25, -0.2) is 0 Å². The summed E-state index contributed by atoms with van der Waals surface area (Å²) in [6.45, 7) is 1.78. The van der Waals surface area contributed by atoms with Crippen molar-refractivity contribution in [3.63, 3.8) is 0 Å². The Morgan fingerprint density at radius 3 is 2.83 bits per heavy atom. The van der Waals surface area contributed by atoms with Crippen LogP contribution in [0.2, 0.25) is 5.02 Å². The van der Waals surface area contributed by atoms with Crippen LogP contribution in [0.25, 0.3) is 0 Å². The molecule has 96 valence electrons. The Bertz CT molecular complexity index is 469. The molecule has 1 aliphatic carbocycles. The van der Waals surface area contributed by atoms with Gasteiger partial charge in [0.05, 0.1) is 10.6 Å². The van der Waals surface area contributed by atoms with Crippen LogP contribution in [0.4, 0.5) is 0 Å². The van der Waals surface area contributed by atoms with Crippen LogP contribution in [0, 0.1) is 5.41 Å². The van der Waals surface area contributed by atoms with Gasteiger partial charge in [-0.3, -0.25) is 9.78 Å². The molecule has 0 aromatic carbocycles. The van der Waals surface area contributed by atoms with Gasteiger partial charge in [0, 0.05) is 25.5 Å². The fourth-order valence-electron chi connectivity index (χ4n) is 3.36. The minimum Gasteiger partial charge on any atom is -0.338 e. The van der Waals surface area contributed by atoms with Crippen LogP contribution in [-0.2, 0) is 0 Å². The number of aromatic nitrogens is 1. The molecule has 2 fully saturated rings. The largest absolute Gasteiger partial charge is 0.338 e. The number of amides is 1. The predicted octanol–water partition coefficient (Wildman–Crippen LogP) is 3.14. The minimum absolute atomic E-state index is 0.0613. The third-order valence-electron chi connectivity index (χ3n) is 4.39. The highest BCUT2D eigenvalue weighted by Gasteiger charge is 2.41. The summed E-state index contributed by atoms with van der Waals surface area (Å²) >= 11 is 6.04. The van der Waals surface area contributed by atoms with E-state index in [-0.39, 0.29) is 5.91 Å². The molecule has 3 rings (SSSR count). The summed E-state index contributed by atoms with van der Waals surface area (Å²) in [4.78, 5) is 18.3. The van der Waals surface area contributed by atoms with Gasteiger partial charge in [-0.2, -0.15) is 0 Å². The van der Waals surface area contributed by atoms with Crippen LogP contribution in [0.15, 0.2) is 18.5 Å². The van der Waals surface area contributed by atoms with E-state index in [0.717, 1.165) is 19.5 Å². The lowest BCUT2D eigenvalue weighted by Gasteiger charge is -2.23. The summed E-state index contributed by atoms with van der Waals surface area (Å²) in [6, 6.07) is 1.71. The second-order valence-electron chi connectivity index (χ2n) is 5.54. The molecule has 0 radical (unpaired) electrons. The number of hydrogen-bond donors (Lipinski definition) is 0. The van der Waals surface area contributed by atoms with E-state index in [1.165, 1.54) is 31.9 Å². The molecule has 1 aromatic heterocycles. The van der Waals surface area contributed by atoms with Crippen molar-refractivity contribution in [1.82, 2.24) is 9.88 Å². The topological polar surface area (TPSA) is 33.2 Å². The van der Waals surface area contributed by atoms with Gasteiger partial charge in [0.25, 0.3) is 5.91 Å². The fraction of sp³-hybridized carbons (Fsp3) is 0.571. The van der Waals surface area contributed by atoms with E-state index >= 15 is 0 Å². The lowest BCUT2D eigenvalue weighted by molar-refractivity contribution is 0.0773. The molecule has 2 heterocycles.